The molecule has 1 atom stereocenters. The van der Waals surface area contributed by atoms with E-state index in [1.54, 1.807) is 13.1 Å². The van der Waals surface area contributed by atoms with Crippen LogP contribution in [-0.2, 0) is 16.6 Å². The number of rotatable bonds is 6. The summed E-state index contributed by atoms with van der Waals surface area (Å²) < 4.78 is 27.6. The van der Waals surface area contributed by atoms with Crippen LogP contribution in [0.1, 0.15) is 38.3 Å². The quantitative estimate of drug-likeness (QED) is 0.826. The van der Waals surface area contributed by atoms with Gasteiger partial charge in [-0.1, -0.05) is 19.9 Å². The number of aliphatic hydroxyl groups excluding tert-OH is 1. The van der Waals surface area contributed by atoms with Crippen molar-refractivity contribution in [1.82, 2.24) is 4.31 Å². The van der Waals surface area contributed by atoms with Gasteiger partial charge in [0.2, 0.25) is 10.0 Å². The smallest absolute Gasteiger partial charge is 0.244 e. The van der Waals surface area contributed by atoms with Crippen molar-refractivity contribution in [2.45, 2.75) is 51.7 Å². The summed E-state index contributed by atoms with van der Waals surface area (Å²) in [6, 6.07) is 3.23. The maximum Gasteiger partial charge on any atom is 0.244 e. The molecule has 0 spiro atoms. The third-order valence-corrected chi connectivity index (χ3v) is 6.86. The predicted molar refractivity (Wildman–Crippen MR) is 88.7 cm³/mol. The van der Waals surface area contributed by atoms with Gasteiger partial charge in [-0.05, 0) is 59.3 Å². The molecule has 0 aromatic heterocycles. The third kappa shape index (κ3) is 4.28. The maximum atomic E-state index is 12.8. The van der Waals surface area contributed by atoms with E-state index in [9.17, 15) is 13.5 Å². The Bertz CT molecular complexity index is 599. The van der Waals surface area contributed by atoms with Crippen LogP contribution in [0.5, 0.6) is 0 Å². The Morgan fingerprint density at radius 3 is 2.33 bits per heavy atom. The molecule has 0 aliphatic carbocycles. The summed E-state index contributed by atoms with van der Waals surface area (Å²) >= 11 is 3.36. The van der Waals surface area contributed by atoms with Crippen LogP contribution >= 0.6 is 15.9 Å². The molecule has 0 saturated carbocycles. The molecule has 4 nitrogen and oxygen atoms in total. The summed E-state index contributed by atoms with van der Waals surface area (Å²) in [6.45, 7) is 7.70. The number of benzene rings is 1. The maximum absolute atomic E-state index is 12.8. The van der Waals surface area contributed by atoms with Crippen molar-refractivity contribution < 1.29 is 13.5 Å². The Balaban J connectivity index is 3.27. The zero-order valence-corrected chi connectivity index (χ0v) is 15.6. The molecular formula is C15H24BrNO3S. The minimum absolute atomic E-state index is 0.0833. The highest BCUT2D eigenvalue weighted by atomic mass is 79.9. The molecule has 1 unspecified atom stereocenters. The van der Waals surface area contributed by atoms with Crippen molar-refractivity contribution in [3.8, 4) is 0 Å². The van der Waals surface area contributed by atoms with Crippen LogP contribution in [0.25, 0.3) is 0 Å². The Kier molecular flexibility index (Phi) is 6.40. The van der Waals surface area contributed by atoms with Crippen LogP contribution < -0.4 is 0 Å². The fourth-order valence-electron chi connectivity index (χ4n) is 2.31. The number of aryl methyl sites for hydroxylation is 1. The second-order valence-electron chi connectivity index (χ2n) is 5.88. The summed E-state index contributed by atoms with van der Waals surface area (Å²) in [6.07, 6.45) is 0.798. The second kappa shape index (κ2) is 7.22. The van der Waals surface area contributed by atoms with Crippen molar-refractivity contribution in [3.05, 3.63) is 27.7 Å². The van der Waals surface area contributed by atoms with Gasteiger partial charge in [0, 0.05) is 17.6 Å². The third-order valence-electron chi connectivity index (χ3n) is 3.55. The minimum Gasteiger partial charge on any atom is -0.392 e. The molecule has 1 aromatic rings. The number of sulfonamides is 1. The molecule has 21 heavy (non-hydrogen) atoms. The first-order chi connectivity index (χ1) is 9.61. The molecule has 0 amide bonds. The highest BCUT2D eigenvalue weighted by Crippen LogP contribution is 2.30. The Labute approximate surface area is 136 Å². The lowest BCUT2D eigenvalue weighted by atomic mass is 10.1. The predicted octanol–water partition coefficient (Wildman–Crippen LogP) is 3.30. The van der Waals surface area contributed by atoms with E-state index >= 15 is 0 Å². The second-order valence-corrected chi connectivity index (χ2v) is 8.64. The lowest BCUT2D eigenvalue weighted by molar-refractivity contribution is 0.281. The van der Waals surface area contributed by atoms with Crippen LogP contribution in [0.3, 0.4) is 0 Å². The van der Waals surface area contributed by atoms with Crippen LogP contribution in [0, 0.1) is 12.8 Å². The van der Waals surface area contributed by atoms with E-state index in [-0.39, 0.29) is 17.5 Å². The highest BCUT2D eigenvalue weighted by molar-refractivity contribution is 9.10. The van der Waals surface area contributed by atoms with Gasteiger partial charge in [0.05, 0.1) is 11.5 Å². The first kappa shape index (κ1) is 18.6. The van der Waals surface area contributed by atoms with Crippen LogP contribution in [0.4, 0.5) is 0 Å². The largest absolute Gasteiger partial charge is 0.392 e. The monoisotopic (exact) mass is 377 g/mol. The Hall–Kier alpha value is -0.430. The molecule has 0 bridgehead atoms. The van der Waals surface area contributed by atoms with E-state index in [2.05, 4.69) is 29.8 Å². The molecule has 0 radical (unpaired) electrons. The van der Waals surface area contributed by atoms with E-state index < -0.39 is 10.0 Å². The summed E-state index contributed by atoms with van der Waals surface area (Å²) in [5.74, 6) is 0.423. The van der Waals surface area contributed by atoms with Gasteiger partial charge < -0.3 is 5.11 Å². The van der Waals surface area contributed by atoms with E-state index in [4.69, 9.17) is 0 Å². The Morgan fingerprint density at radius 2 is 1.86 bits per heavy atom. The normalized spacial score (nSPS) is 14.0. The summed E-state index contributed by atoms with van der Waals surface area (Å²) in [5, 5.41) is 9.29. The van der Waals surface area contributed by atoms with Crippen molar-refractivity contribution in [3.63, 3.8) is 0 Å². The lowest BCUT2D eigenvalue weighted by Gasteiger charge is -2.26. The van der Waals surface area contributed by atoms with E-state index in [1.807, 2.05) is 13.8 Å². The van der Waals surface area contributed by atoms with Gasteiger partial charge in [0.1, 0.15) is 0 Å². The number of hydrogen-bond donors (Lipinski definition) is 1. The molecule has 120 valence electrons. The molecule has 6 heteroatoms. The first-order valence-corrected chi connectivity index (χ1v) is 9.22. The van der Waals surface area contributed by atoms with Crippen LogP contribution in [0.2, 0.25) is 0 Å². The molecule has 1 N–H and O–H groups in total. The van der Waals surface area contributed by atoms with E-state index in [0.29, 0.717) is 16.0 Å². The molecule has 0 aliphatic rings. The zero-order valence-electron chi connectivity index (χ0n) is 13.2. The zero-order chi connectivity index (χ0) is 16.4. The Morgan fingerprint density at radius 1 is 1.29 bits per heavy atom. The molecule has 1 aromatic carbocycles. The standard InChI is InChI=1S/C15H24BrNO3S/c1-10(2)6-12(4)17(5)21(19,20)14-8-13(9-18)7-11(3)15(14)16/h7-8,10,12,18H,6,9H2,1-5H3. The molecule has 0 heterocycles. The molecular weight excluding hydrogens is 354 g/mol. The molecule has 0 saturated heterocycles. The van der Waals surface area contributed by atoms with Gasteiger partial charge in [-0.15, -0.1) is 0 Å². The van der Waals surface area contributed by atoms with Crippen molar-refractivity contribution in [2.75, 3.05) is 7.05 Å². The molecule has 0 fully saturated rings. The first-order valence-electron chi connectivity index (χ1n) is 6.99. The van der Waals surface area contributed by atoms with Gasteiger partial charge >= 0.3 is 0 Å². The van der Waals surface area contributed by atoms with Gasteiger partial charge in [0.25, 0.3) is 0 Å². The molecule has 0 aliphatic heterocycles. The van der Waals surface area contributed by atoms with Gasteiger partial charge in [-0.25, -0.2) is 8.42 Å². The SMILES string of the molecule is Cc1cc(CO)cc(S(=O)(=O)N(C)C(C)CC(C)C)c1Br. The fourth-order valence-corrected chi connectivity index (χ4v) is 4.71. The topological polar surface area (TPSA) is 57.6 Å². The van der Waals surface area contributed by atoms with Crippen LogP contribution in [-0.4, -0.2) is 30.9 Å². The van der Waals surface area contributed by atoms with E-state index in [1.165, 1.54) is 10.4 Å². The molecule has 1 rings (SSSR count). The highest BCUT2D eigenvalue weighted by Gasteiger charge is 2.28. The van der Waals surface area contributed by atoms with Crippen LogP contribution in [0.15, 0.2) is 21.5 Å². The summed E-state index contributed by atoms with van der Waals surface area (Å²) in [4.78, 5) is 0.213. The van der Waals surface area contributed by atoms with Gasteiger partial charge in [-0.3, -0.25) is 0 Å². The van der Waals surface area contributed by atoms with E-state index in [0.717, 1.165) is 12.0 Å². The van der Waals surface area contributed by atoms with Gasteiger partial charge in [0.15, 0.2) is 0 Å². The number of aliphatic hydroxyl groups is 1. The summed E-state index contributed by atoms with van der Waals surface area (Å²) in [5.41, 5.74) is 1.39. The minimum atomic E-state index is -3.59. The fraction of sp³-hybridized carbons (Fsp3) is 0.600. The lowest BCUT2D eigenvalue weighted by Crippen LogP contribution is -2.36. The van der Waals surface area contributed by atoms with Crippen molar-refractivity contribution in [1.29, 1.82) is 0 Å². The number of halogens is 1. The summed E-state index contributed by atoms with van der Waals surface area (Å²) in [7, 11) is -1.99. The van der Waals surface area contributed by atoms with Gasteiger partial charge in [-0.2, -0.15) is 4.31 Å². The average molecular weight is 378 g/mol. The average Bonchev–Trinajstić information content (AvgIpc) is 2.39. The number of hydrogen-bond acceptors (Lipinski definition) is 3. The number of nitrogens with zero attached hydrogens (tertiary/aromatic N) is 1. The van der Waals surface area contributed by atoms with Crippen molar-refractivity contribution >= 4 is 26.0 Å². The van der Waals surface area contributed by atoms with Crippen molar-refractivity contribution in [2.24, 2.45) is 5.92 Å².